The monoisotopic (exact) mass is 1730 g/mol. The fourth-order valence-electron chi connectivity index (χ4n) is 8.79. The van der Waals surface area contributed by atoms with E-state index in [0.29, 0.717) is 5.75 Å². The van der Waals surface area contributed by atoms with Crippen LogP contribution in [0.4, 0.5) is 0 Å². The van der Waals surface area contributed by atoms with E-state index in [2.05, 4.69) is 341 Å². The molecule has 8 aromatic carbocycles. The molecule has 0 atom stereocenters. The van der Waals surface area contributed by atoms with Crippen molar-refractivity contribution in [1.82, 2.24) is 54.1 Å². The van der Waals surface area contributed by atoms with E-state index in [0.717, 1.165) is 72.8 Å². The Balaban J connectivity index is 0.00000129. The van der Waals surface area contributed by atoms with Gasteiger partial charge in [0.1, 0.15) is 0 Å². The molecule has 0 aliphatic heterocycles. The Bertz CT molecular complexity index is 4400. The Morgan fingerprint density at radius 3 is 0.709 bits per heavy atom. The summed E-state index contributed by atoms with van der Waals surface area (Å²) in [5.74, 6) is 2.05. The second-order valence-corrected chi connectivity index (χ2v) is 33.2. The third-order valence-corrected chi connectivity index (χ3v) is 16.3. The smallest absolute Gasteiger partial charge is 0.533 e. The summed E-state index contributed by atoms with van der Waals surface area (Å²) < 4.78 is 18.7. The molecule has 0 fully saturated rings. The molecule has 0 saturated heterocycles. The van der Waals surface area contributed by atoms with Gasteiger partial charge >= 0.3 is 257 Å². The van der Waals surface area contributed by atoms with Crippen LogP contribution in [0.3, 0.4) is 0 Å². The summed E-state index contributed by atoms with van der Waals surface area (Å²) in [7, 11) is 3.53. The predicted octanol–water partition coefficient (Wildman–Crippen LogP) is 8.39. The third-order valence-electron chi connectivity index (χ3n) is 15.8. The van der Waals surface area contributed by atoms with E-state index in [9.17, 15) is 0 Å². The van der Waals surface area contributed by atoms with E-state index in [1.807, 2.05) is 61.6 Å². The number of benzene rings is 8. The van der Waals surface area contributed by atoms with Gasteiger partial charge in [0.05, 0.1) is 7.11 Å². The van der Waals surface area contributed by atoms with E-state index in [1.54, 1.807) is 109 Å². The molecule has 0 aliphatic carbocycles. The number of halogens is 2. The number of methoxy groups -OCH3 is 1. The molecule has 0 radical (unpaired) electrons. The van der Waals surface area contributed by atoms with Crippen LogP contribution in [0.1, 0.15) is 181 Å². The fraction of sp³-hybridized carbons (Fsp3) is 0.312. The Labute approximate surface area is 923 Å². The van der Waals surface area contributed by atoms with Crippen molar-refractivity contribution in [3.05, 3.63) is 358 Å². The number of aryl methyl sites for hydroxylation is 5. The van der Waals surface area contributed by atoms with Gasteiger partial charge in [-0.05, 0) is 106 Å². The molecule has 0 amide bonds. The van der Waals surface area contributed by atoms with E-state index in [-0.39, 0.29) is 289 Å². The largest absolute Gasteiger partial charge is 1.00 e. The van der Waals surface area contributed by atoms with Crippen LogP contribution < -0.4 is 262 Å². The van der Waals surface area contributed by atoms with Crippen LogP contribution in [0, 0.1) is 89.1 Å². The zero-order valence-corrected chi connectivity index (χ0v) is 92.0. The average Bonchev–Trinajstić information content (AvgIpc) is 1.71. The molecule has 21 heteroatoms. The molecule has 0 bridgehead atoms. The van der Waals surface area contributed by atoms with Gasteiger partial charge in [0.25, 0.3) is 0 Å². The quantitative estimate of drug-likeness (QED) is 0.133. The maximum Gasteiger partial charge on any atom is 1.00 e. The summed E-state index contributed by atoms with van der Waals surface area (Å²) in [6.45, 7) is 46.8. The molecule has 6 aromatic heterocycles. The van der Waals surface area contributed by atoms with Crippen LogP contribution in [-0.4, -0.2) is 66.3 Å². The minimum atomic E-state index is 0. The van der Waals surface area contributed by atoms with Crippen molar-refractivity contribution in [2.24, 2.45) is 7.05 Å². The maximum atomic E-state index is 8.61. The van der Waals surface area contributed by atoms with Crippen molar-refractivity contribution in [3.8, 4) is 34.2 Å². The first-order chi connectivity index (χ1) is 52.6. The first-order valence-corrected chi connectivity index (χ1v) is 37.7. The fourth-order valence-corrected chi connectivity index (χ4v) is 9.04. The molecule has 0 unspecified atom stereocenters. The number of nitrogens with zero attached hydrogens (tertiary/aromatic N) is 11. The van der Waals surface area contributed by atoms with Crippen LogP contribution in [0.15, 0.2) is 235 Å². The number of hydrogen-bond donors (Lipinski definition) is 1. The van der Waals surface area contributed by atoms with Gasteiger partial charge in [-0.1, -0.05) is 290 Å². The number of ether oxygens (including phenoxy) is 1. The Morgan fingerprint density at radius 2 is 0.564 bits per heavy atom. The Morgan fingerprint density at radius 1 is 0.325 bits per heavy atom. The molecule has 117 heavy (non-hydrogen) atoms. The average molecular weight is 1730 g/mol. The first-order valence-electron chi connectivity index (χ1n) is 36.9. The van der Waals surface area contributed by atoms with Crippen molar-refractivity contribution in [2.75, 3.05) is 7.11 Å². The third kappa shape index (κ3) is 45.7. The number of rotatable bonds is 5. The van der Waals surface area contributed by atoms with Gasteiger partial charge in [-0.3, -0.25) is 25.5 Å². The molecule has 0 aliphatic rings. The number of aromatic hydroxyl groups is 1. The van der Waals surface area contributed by atoms with Crippen molar-refractivity contribution in [2.45, 2.75) is 185 Å². The molecule has 6 heterocycles. The molecular weight excluding hydrogens is 1620 g/mol. The predicted molar refractivity (Wildman–Crippen MR) is 457 cm³/mol. The van der Waals surface area contributed by atoms with Gasteiger partial charge < -0.3 is 37.8 Å². The summed E-state index contributed by atoms with van der Waals surface area (Å²) in [6, 6.07) is 84.2. The molecule has 1 N–H and O–H groups in total. The Kier molecular flexibility index (Phi) is 55.8. The summed E-state index contributed by atoms with van der Waals surface area (Å²) >= 11 is 11.0. The standard InChI is InChI=1S/4C14H17N2.C8H13N2.C7H10NO.C7H7O.2C6H4Cl.C6H5O.5K/c4*1-11-5-7-12(8-6-11)16-10-9-13(15-16)14(2,3)4;1-8(2,3)7-5-6-10(4)9-7;1-7(2,3)6-4-5-8-9-6;1-8-7-5-3-2-4-6-7;3*7-6-4-2-1-3-5-6;;;;;/h4*5-9H,1-4H3;5H,1-4H3;4H,1-3H3;3-6H,1H3;2*2-5H;2-5,7H;;;;;/q10*-1;5*+1. The molecule has 0 spiro atoms. The molecule has 592 valence electrons. The van der Waals surface area contributed by atoms with Crippen LogP contribution in [0.5, 0.6) is 11.5 Å². The molecule has 14 nitrogen and oxygen atoms in total. The molecule has 14 aromatic rings. The van der Waals surface area contributed by atoms with Gasteiger partial charge in [0.15, 0.2) is 0 Å². The zero-order chi connectivity index (χ0) is 82.9. The Hall–Kier alpha value is -2.62. The van der Waals surface area contributed by atoms with Gasteiger partial charge in [-0.25, -0.2) is 5.16 Å². The second-order valence-electron chi connectivity index (χ2n) is 32.4. The number of phenolic OH excluding ortho intramolecular Hbond substituents is 1. The number of aromatic nitrogens is 11. The summed E-state index contributed by atoms with van der Waals surface area (Å²) in [5, 5.41) is 36.0. The second kappa shape index (κ2) is 57.1. The van der Waals surface area contributed by atoms with Crippen molar-refractivity contribution in [3.63, 3.8) is 0 Å². The van der Waals surface area contributed by atoms with Gasteiger partial charge in [0.2, 0.25) is 0 Å². The van der Waals surface area contributed by atoms with Crippen LogP contribution in [0.25, 0.3) is 22.7 Å². The van der Waals surface area contributed by atoms with Gasteiger partial charge in [-0.2, -0.15) is 109 Å². The maximum absolute atomic E-state index is 8.61. The van der Waals surface area contributed by atoms with Crippen molar-refractivity contribution < 1.29 is 271 Å². The molecular formula is C96H111Cl2K5N11O3-5. The van der Waals surface area contributed by atoms with Crippen LogP contribution in [0.2, 0.25) is 10.0 Å². The van der Waals surface area contributed by atoms with Crippen LogP contribution >= 0.6 is 23.2 Å². The zero-order valence-electron chi connectivity index (χ0n) is 74.9. The minimum absolute atomic E-state index is 0. The van der Waals surface area contributed by atoms with E-state index in [4.69, 9.17) is 37.6 Å². The summed E-state index contributed by atoms with van der Waals surface area (Å²) in [6.07, 6.45) is 18.2. The topological polar surface area (TPSA) is 145 Å². The SMILES string of the molecule is CC(C)(C)c1c[c-]no1.COc1cc[c-]cc1.Cc1ccc(-n2[c-]cc(C(C)(C)C)n2)cc1.Cc1ccc(-n2[c-]cc(C(C)(C)C)n2)cc1.Cc1ccc(-n2[c-]cc(C(C)(C)C)n2)cc1.Cc1ccc(-n2[c-]cc(C(C)(C)C)n2)cc1.Clc1cc[c-]cc1.Clc1cc[c-]cc1.Cn1[c-]cc(C(C)(C)C)n1.Oc1cc[c-]cc1.[K+].[K+].[K+].[K+].[K+]. The number of hydrogen-bond acceptors (Lipinski definition) is 9. The summed E-state index contributed by atoms with van der Waals surface area (Å²) in [4.78, 5) is 0. The molecule has 14 rings (SSSR count). The van der Waals surface area contributed by atoms with Crippen molar-refractivity contribution in [1.29, 1.82) is 0 Å². The van der Waals surface area contributed by atoms with Crippen LogP contribution in [-0.2, 0) is 39.5 Å². The minimum Gasteiger partial charge on any atom is -0.533 e. The number of phenols is 1. The van der Waals surface area contributed by atoms with E-state index < -0.39 is 0 Å². The summed E-state index contributed by atoms with van der Waals surface area (Å²) in [5.41, 5.74) is 15.1. The molecule has 0 saturated carbocycles. The van der Waals surface area contributed by atoms with Gasteiger partial charge in [-0.15, -0.1) is 84.1 Å². The van der Waals surface area contributed by atoms with Crippen molar-refractivity contribution >= 4 is 23.2 Å². The van der Waals surface area contributed by atoms with E-state index >= 15 is 0 Å². The van der Waals surface area contributed by atoms with E-state index in [1.165, 1.54) is 22.3 Å². The van der Waals surface area contributed by atoms with Gasteiger partial charge in [0, 0.05) is 18.5 Å². The normalized spacial score (nSPS) is 10.5. The first kappa shape index (κ1) is 114.